The quantitative estimate of drug-likeness (QED) is 0.604. The topological polar surface area (TPSA) is 51.1 Å². The van der Waals surface area contributed by atoms with Gasteiger partial charge in [0.15, 0.2) is 0 Å². The first kappa shape index (κ1) is 23.1. The van der Waals surface area contributed by atoms with Gasteiger partial charge in [0.1, 0.15) is 6.04 Å². The van der Waals surface area contributed by atoms with Gasteiger partial charge in [-0.15, -0.1) is 0 Å². The lowest BCUT2D eigenvalue weighted by Gasteiger charge is -2.29. The zero-order valence-electron chi connectivity index (χ0n) is 18.2. The maximum atomic E-state index is 14.1. The minimum absolute atomic E-state index is 0.0417. The fourth-order valence-electron chi connectivity index (χ4n) is 3.82. The Balaban J connectivity index is 2.15. The van der Waals surface area contributed by atoms with E-state index in [1.54, 1.807) is 6.07 Å². The normalized spacial score (nSPS) is 17.5. The summed E-state index contributed by atoms with van der Waals surface area (Å²) >= 11 is 0. The van der Waals surface area contributed by atoms with Crippen molar-refractivity contribution in [1.82, 2.24) is 9.29 Å². The monoisotopic (exact) mass is 444 g/mol. The van der Waals surface area contributed by atoms with E-state index in [1.807, 2.05) is 56.0 Å². The molecule has 3 rings (SSSR count). The zero-order valence-corrected chi connectivity index (χ0v) is 19.0. The number of fused-ring (bicyclic) bond motifs is 1. The van der Waals surface area contributed by atoms with Crippen LogP contribution in [0, 0.1) is 5.41 Å². The fraction of sp³-hybridized carbons (Fsp3) is 0.636. The first-order valence-corrected chi connectivity index (χ1v) is 11.9. The second kappa shape index (κ2) is 7.86. The van der Waals surface area contributed by atoms with Gasteiger partial charge in [0.25, 0.3) is 0 Å². The van der Waals surface area contributed by atoms with E-state index in [2.05, 4.69) is 0 Å². The fourth-order valence-corrected chi connectivity index (χ4v) is 5.55. The molecule has 1 N–H and O–H groups in total. The largest absolute Gasteiger partial charge is 0.408 e. The van der Waals surface area contributed by atoms with Gasteiger partial charge >= 0.3 is 6.18 Å². The minimum Gasteiger partial charge on any atom is -0.347 e. The van der Waals surface area contributed by atoms with Crippen molar-refractivity contribution in [2.24, 2.45) is 5.41 Å². The molecule has 0 spiro atoms. The second-order valence-electron chi connectivity index (χ2n) is 9.89. The van der Waals surface area contributed by atoms with Crippen molar-refractivity contribution >= 4 is 20.9 Å². The van der Waals surface area contributed by atoms with Crippen LogP contribution in [0.1, 0.15) is 77.0 Å². The number of halogens is 3. The van der Waals surface area contributed by atoms with Gasteiger partial charge in [0.05, 0.1) is 5.25 Å². The molecule has 8 heteroatoms. The van der Waals surface area contributed by atoms with Crippen molar-refractivity contribution in [3.05, 3.63) is 35.5 Å². The smallest absolute Gasteiger partial charge is 0.347 e. The molecule has 30 heavy (non-hydrogen) atoms. The van der Waals surface area contributed by atoms with Crippen LogP contribution in [-0.2, 0) is 16.6 Å². The first-order valence-electron chi connectivity index (χ1n) is 10.4. The van der Waals surface area contributed by atoms with E-state index >= 15 is 0 Å². The van der Waals surface area contributed by atoms with Gasteiger partial charge in [0.2, 0.25) is 10.0 Å². The molecule has 1 aliphatic carbocycles. The Morgan fingerprint density at radius 3 is 2.27 bits per heavy atom. The van der Waals surface area contributed by atoms with Crippen molar-refractivity contribution in [3.8, 4) is 0 Å². The van der Waals surface area contributed by atoms with E-state index in [-0.39, 0.29) is 16.9 Å². The van der Waals surface area contributed by atoms with Gasteiger partial charge in [-0.05, 0) is 35.8 Å². The van der Waals surface area contributed by atoms with Gasteiger partial charge < -0.3 is 4.57 Å². The molecule has 2 aromatic rings. The molecule has 0 radical (unpaired) electrons. The number of nitrogens with zero attached hydrogens (tertiary/aromatic N) is 1. The molecule has 1 aliphatic rings. The molecule has 0 saturated heterocycles. The molecule has 1 atom stereocenters. The highest BCUT2D eigenvalue weighted by molar-refractivity contribution is 7.90. The van der Waals surface area contributed by atoms with Crippen molar-refractivity contribution in [2.75, 3.05) is 0 Å². The summed E-state index contributed by atoms with van der Waals surface area (Å²) in [4.78, 5) is 0. The van der Waals surface area contributed by atoms with Gasteiger partial charge in [-0.1, -0.05) is 53.2 Å². The van der Waals surface area contributed by atoms with Crippen molar-refractivity contribution in [1.29, 1.82) is 0 Å². The summed E-state index contributed by atoms with van der Waals surface area (Å²) in [7, 11) is -4.05. The Morgan fingerprint density at radius 2 is 1.80 bits per heavy atom. The molecule has 1 fully saturated rings. The third-order valence-corrected chi connectivity index (χ3v) is 7.57. The number of hydrogen-bond donors (Lipinski definition) is 1. The lowest BCUT2D eigenvalue weighted by Crippen LogP contribution is -2.44. The molecule has 0 amide bonds. The van der Waals surface area contributed by atoms with E-state index in [4.69, 9.17) is 0 Å². The van der Waals surface area contributed by atoms with E-state index in [9.17, 15) is 21.6 Å². The lowest BCUT2D eigenvalue weighted by molar-refractivity contribution is -0.152. The van der Waals surface area contributed by atoms with Crippen LogP contribution in [0.2, 0.25) is 0 Å². The van der Waals surface area contributed by atoms with E-state index in [1.165, 1.54) is 6.20 Å². The highest BCUT2D eigenvalue weighted by Crippen LogP contribution is 2.40. The van der Waals surface area contributed by atoms with E-state index in [0.717, 1.165) is 12.0 Å². The maximum Gasteiger partial charge on any atom is 0.408 e. The van der Waals surface area contributed by atoms with Crippen LogP contribution < -0.4 is 4.72 Å². The van der Waals surface area contributed by atoms with Crippen LogP contribution in [0.4, 0.5) is 13.2 Å². The summed E-state index contributed by atoms with van der Waals surface area (Å²) in [6, 6.07) is 3.17. The van der Waals surface area contributed by atoms with Crippen molar-refractivity contribution in [2.45, 2.75) is 83.8 Å². The molecule has 1 heterocycles. The van der Waals surface area contributed by atoms with E-state index < -0.39 is 27.5 Å². The van der Waals surface area contributed by atoms with Gasteiger partial charge in [0, 0.05) is 29.2 Å². The Hall–Kier alpha value is -1.54. The second-order valence-corrected chi connectivity index (χ2v) is 11.9. The third-order valence-electron chi connectivity index (χ3n) is 5.66. The van der Waals surface area contributed by atoms with Gasteiger partial charge in [-0.2, -0.15) is 17.9 Å². The predicted molar refractivity (Wildman–Crippen MR) is 114 cm³/mol. The summed E-state index contributed by atoms with van der Waals surface area (Å²) in [6.45, 7) is 10.6. The van der Waals surface area contributed by atoms with Crippen LogP contribution in [-0.4, -0.2) is 24.4 Å². The molecule has 4 nitrogen and oxygen atoms in total. The third kappa shape index (κ3) is 4.85. The molecule has 0 aliphatic heterocycles. The zero-order chi connectivity index (χ0) is 22.5. The predicted octanol–water partition coefficient (Wildman–Crippen LogP) is 5.89. The number of benzene rings is 1. The van der Waals surface area contributed by atoms with Crippen LogP contribution in [0.5, 0.6) is 0 Å². The molecule has 1 saturated carbocycles. The number of sulfonamides is 1. The SMILES string of the molecule is CC(C)c1ccc2c(C(NS(=O)(=O)C3CCC3)C(F)(F)F)cn(CC(C)(C)C)c2c1. The molecule has 1 unspecified atom stereocenters. The molecule has 1 aromatic heterocycles. The molecule has 168 valence electrons. The van der Waals surface area contributed by atoms with Crippen molar-refractivity contribution in [3.63, 3.8) is 0 Å². The summed E-state index contributed by atoms with van der Waals surface area (Å²) < 4.78 is 71.1. The van der Waals surface area contributed by atoms with Crippen LogP contribution in [0.3, 0.4) is 0 Å². The number of nitrogens with one attached hydrogen (secondary N) is 1. The summed E-state index contributed by atoms with van der Waals surface area (Å²) in [5.41, 5.74) is 1.53. The summed E-state index contributed by atoms with van der Waals surface area (Å²) in [5, 5.41) is -0.305. The highest BCUT2D eigenvalue weighted by Gasteiger charge is 2.46. The Morgan fingerprint density at radius 1 is 1.17 bits per heavy atom. The average Bonchev–Trinajstić information content (AvgIpc) is 2.85. The Labute approximate surface area is 176 Å². The number of hydrogen-bond acceptors (Lipinski definition) is 2. The molecular weight excluding hydrogens is 413 g/mol. The van der Waals surface area contributed by atoms with E-state index in [0.29, 0.717) is 30.3 Å². The Bertz CT molecular complexity index is 1010. The maximum absolute atomic E-state index is 14.1. The standard InChI is InChI=1S/C22H31F3N2O2S/c1-14(2)15-9-10-17-18(12-27(19(17)11-15)13-21(3,4)5)20(22(23,24)25)26-30(28,29)16-7-6-8-16/h9-12,14,16,20,26H,6-8,13H2,1-5H3. The minimum atomic E-state index is -4.74. The average molecular weight is 445 g/mol. The van der Waals surface area contributed by atoms with Gasteiger partial charge in [-0.3, -0.25) is 0 Å². The van der Waals surface area contributed by atoms with Gasteiger partial charge in [-0.25, -0.2) is 8.42 Å². The number of alkyl halides is 3. The molecule has 1 aromatic carbocycles. The summed E-state index contributed by atoms with van der Waals surface area (Å²) in [5.74, 6) is 0.228. The van der Waals surface area contributed by atoms with Crippen LogP contribution >= 0.6 is 0 Å². The van der Waals surface area contributed by atoms with Crippen LogP contribution in [0.25, 0.3) is 10.9 Å². The van der Waals surface area contributed by atoms with Crippen LogP contribution in [0.15, 0.2) is 24.4 Å². The molecule has 0 bridgehead atoms. The summed E-state index contributed by atoms with van der Waals surface area (Å²) in [6.07, 6.45) is -1.73. The highest BCUT2D eigenvalue weighted by atomic mass is 32.2. The first-order chi connectivity index (χ1) is 13.7. The number of aromatic nitrogens is 1. The van der Waals surface area contributed by atoms with Crippen molar-refractivity contribution < 1.29 is 21.6 Å². The Kier molecular flexibility index (Phi) is 6.06. The lowest BCUT2D eigenvalue weighted by atomic mass is 9.96. The molecular formula is C22H31F3N2O2S. The number of rotatable bonds is 6.